The van der Waals surface area contributed by atoms with Gasteiger partial charge in [0.2, 0.25) is 0 Å². The zero-order chi connectivity index (χ0) is 15.4. The van der Waals surface area contributed by atoms with Crippen molar-refractivity contribution in [1.82, 2.24) is 0 Å². The second kappa shape index (κ2) is 6.69. The number of nitro groups is 1. The van der Waals surface area contributed by atoms with Crippen molar-refractivity contribution in [2.45, 2.75) is 19.6 Å². The lowest BCUT2D eigenvalue weighted by atomic mass is 10.1. The van der Waals surface area contributed by atoms with E-state index in [-0.39, 0.29) is 12.3 Å². The summed E-state index contributed by atoms with van der Waals surface area (Å²) in [4.78, 5) is 10.6. The monoisotopic (exact) mass is 351 g/mol. The molecule has 0 aliphatic rings. The van der Waals surface area contributed by atoms with Crippen LogP contribution in [0.25, 0.3) is 0 Å². The van der Waals surface area contributed by atoms with Gasteiger partial charge < -0.3 is 9.84 Å². The fourth-order valence-corrected chi connectivity index (χ4v) is 2.20. The first-order valence-corrected chi connectivity index (χ1v) is 7.10. The van der Waals surface area contributed by atoms with Gasteiger partial charge in [-0.15, -0.1) is 0 Å². The van der Waals surface area contributed by atoms with Crippen LogP contribution in [0.3, 0.4) is 0 Å². The van der Waals surface area contributed by atoms with E-state index in [2.05, 4.69) is 15.9 Å². The van der Waals surface area contributed by atoms with Crippen LogP contribution in [0.1, 0.15) is 24.2 Å². The van der Waals surface area contributed by atoms with Crippen LogP contribution in [0.2, 0.25) is 0 Å². The van der Waals surface area contributed by atoms with E-state index < -0.39 is 11.0 Å². The van der Waals surface area contributed by atoms with Gasteiger partial charge in [-0.05, 0) is 36.8 Å². The third-order valence-electron chi connectivity index (χ3n) is 2.98. The highest BCUT2D eigenvalue weighted by Crippen LogP contribution is 2.25. The van der Waals surface area contributed by atoms with E-state index >= 15 is 0 Å². The van der Waals surface area contributed by atoms with Gasteiger partial charge in [-0.2, -0.15) is 0 Å². The van der Waals surface area contributed by atoms with Gasteiger partial charge in [-0.3, -0.25) is 10.1 Å². The number of nitro benzene ring substituents is 1. The quantitative estimate of drug-likeness (QED) is 0.652. The second-order valence-corrected chi connectivity index (χ2v) is 5.48. The summed E-state index contributed by atoms with van der Waals surface area (Å²) in [5, 5.41) is 20.6. The van der Waals surface area contributed by atoms with Crippen molar-refractivity contribution in [2.24, 2.45) is 0 Å². The minimum atomic E-state index is -0.587. The van der Waals surface area contributed by atoms with E-state index in [1.165, 1.54) is 6.07 Å². The Balaban J connectivity index is 2.17. The maximum atomic E-state index is 11.0. The summed E-state index contributed by atoms with van der Waals surface area (Å²) in [6.45, 7) is 1.76. The topological polar surface area (TPSA) is 72.6 Å². The lowest BCUT2D eigenvalue weighted by molar-refractivity contribution is -0.385. The number of hydrogen-bond donors (Lipinski definition) is 1. The van der Waals surface area contributed by atoms with Crippen molar-refractivity contribution >= 4 is 21.6 Å². The second-order valence-electron chi connectivity index (χ2n) is 4.57. The molecular formula is C15H14BrNO4. The molecule has 0 saturated heterocycles. The van der Waals surface area contributed by atoms with Gasteiger partial charge in [0.1, 0.15) is 12.4 Å². The highest BCUT2D eigenvalue weighted by molar-refractivity contribution is 9.10. The SMILES string of the molecule is C[C@@H](O)c1cccc(OCc2ccc(Br)cc2[N+](=O)[O-])c1. The molecule has 110 valence electrons. The summed E-state index contributed by atoms with van der Waals surface area (Å²) in [6.07, 6.45) is -0.587. The standard InChI is InChI=1S/C15H14BrNO4/c1-10(18)11-3-2-4-14(7-11)21-9-12-5-6-13(16)8-15(12)17(19)20/h2-8,10,18H,9H2,1H3/t10-/m1/s1. The smallest absolute Gasteiger partial charge is 0.277 e. The van der Waals surface area contributed by atoms with E-state index in [0.717, 1.165) is 5.56 Å². The van der Waals surface area contributed by atoms with Gasteiger partial charge in [0.25, 0.3) is 5.69 Å². The molecule has 0 unspecified atom stereocenters. The number of halogens is 1. The largest absolute Gasteiger partial charge is 0.489 e. The molecule has 0 fully saturated rings. The van der Waals surface area contributed by atoms with Crippen molar-refractivity contribution in [1.29, 1.82) is 0 Å². The minimum absolute atomic E-state index is 0.0102. The molecule has 2 aromatic rings. The number of aliphatic hydroxyl groups is 1. The van der Waals surface area contributed by atoms with E-state index in [4.69, 9.17) is 4.74 Å². The molecule has 0 aliphatic carbocycles. The minimum Gasteiger partial charge on any atom is -0.489 e. The average Bonchev–Trinajstić information content (AvgIpc) is 2.46. The summed E-state index contributed by atoms with van der Waals surface area (Å²) >= 11 is 3.21. The van der Waals surface area contributed by atoms with Crippen molar-refractivity contribution in [3.8, 4) is 5.75 Å². The first-order valence-electron chi connectivity index (χ1n) is 6.31. The fourth-order valence-electron chi connectivity index (χ4n) is 1.85. The van der Waals surface area contributed by atoms with E-state index in [1.807, 2.05) is 0 Å². The Bertz CT molecular complexity index is 658. The van der Waals surface area contributed by atoms with Gasteiger partial charge in [0.05, 0.1) is 16.6 Å². The summed E-state index contributed by atoms with van der Waals surface area (Å²) in [7, 11) is 0. The third-order valence-corrected chi connectivity index (χ3v) is 3.47. The van der Waals surface area contributed by atoms with E-state index in [0.29, 0.717) is 15.8 Å². The zero-order valence-electron chi connectivity index (χ0n) is 11.3. The molecule has 0 amide bonds. The molecular weight excluding hydrogens is 338 g/mol. The van der Waals surface area contributed by atoms with Crippen molar-refractivity contribution in [3.05, 3.63) is 68.2 Å². The lowest BCUT2D eigenvalue weighted by Crippen LogP contribution is -2.01. The number of benzene rings is 2. The summed E-state index contributed by atoms with van der Waals surface area (Å²) in [5.41, 5.74) is 1.24. The fraction of sp³-hybridized carbons (Fsp3) is 0.200. The number of hydrogen-bond acceptors (Lipinski definition) is 4. The number of nitrogens with zero attached hydrogens (tertiary/aromatic N) is 1. The number of ether oxygens (including phenoxy) is 1. The number of rotatable bonds is 5. The predicted molar refractivity (Wildman–Crippen MR) is 82.2 cm³/mol. The maximum absolute atomic E-state index is 11.0. The Morgan fingerprint density at radius 3 is 2.76 bits per heavy atom. The van der Waals surface area contributed by atoms with Crippen LogP contribution in [-0.4, -0.2) is 10.0 Å². The molecule has 2 rings (SSSR count). The molecule has 0 heterocycles. The van der Waals surface area contributed by atoms with Crippen LogP contribution in [-0.2, 0) is 6.61 Å². The summed E-state index contributed by atoms with van der Waals surface area (Å²) < 4.78 is 6.23. The predicted octanol–water partition coefficient (Wildman–Crippen LogP) is 3.99. The number of aliphatic hydroxyl groups excluding tert-OH is 1. The molecule has 0 bridgehead atoms. The normalized spacial score (nSPS) is 12.0. The Morgan fingerprint density at radius 1 is 1.33 bits per heavy atom. The van der Waals surface area contributed by atoms with Crippen LogP contribution in [0.4, 0.5) is 5.69 Å². The Labute approximate surface area is 130 Å². The van der Waals surface area contributed by atoms with Crippen LogP contribution >= 0.6 is 15.9 Å². The molecule has 0 aromatic heterocycles. The van der Waals surface area contributed by atoms with Gasteiger partial charge in [0.15, 0.2) is 0 Å². The molecule has 2 aromatic carbocycles. The van der Waals surface area contributed by atoms with E-state index in [9.17, 15) is 15.2 Å². The summed E-state index contributed by atoms with van der Waals surface area (Å²) in [5.74, 6) is 0.561. The van der Waals surface area contributed by atoms with E-state index in [1.54, 1.807) is 43.3 Å². The molecule has 0 saturated carbocycles. The third kappa shape index (κ3) is 4.03. The molecule has 0 aliphatic heterocycles. The lowest BCUT2D eigenvalue weighted by Gasteiger charge is -2.10. The van der Waals surface area contributed by atoms with Crippen LogP contribution in [0.5, 0.6) is 5.75 Å². The first-order chi connectivity index (χ1) is 9.97. The van der Waals surface area contributed by atoms with Crippen LogP contribution in [0, 0.1) is 10.1 Å². The molecule has 6 heteroatoms. The van der Waals surface area contributed by atoms with Gasteiger partial charge in [-0.1, -0.05) is 28.1 Å². The van der Waals surface area contributed by atoms with Crippen molar-refractivity contribution in [3.63, 3.8) is 0 Å². The molecule has 21 heavy (non-hydrogen) atoms. The zero-order valence-corrected chi connectivity index (χ0v) is 12.9. The van der Waals surface area contributed by atoms with Crippen molar-refractivity contribution in [2.75, 3.05) is 0 Å². The molecule has 5 nitrogen and oxygen atoms in total. The molecule has 1 atom stereocenters. The molecule has 0 radical (unpaired) electrons. The molecule has 0 spiro atoms. The average molecular weight is 352 g/mol. The maximum Gasteiger partial charge on any atom is 0.277 e. The Morgan fingerprint density at radius 2 is 2.10 bits per heavy atom. The Kier molecular flexibility index (Phi) is 4.93. The first kappa shape index (κ1) is 15.5. The van der Waals surface area contributed by atoms with Crippen molar-refractivity contribution < 1.29 is 14.8 Å². The highest BCUT2D eigenvalue weighted by Gasteiger charge is 2.14. The van der Waals surface area contributed by atoms with Gasteiger partial charge in [-0.25, -0.2) is 0 Å². The van der Waals surface area contributed by atoms with Crippen LogP contribution in [0.15, 0.2) is 46.9 Å². The highest BCUT2D eigenvalue weighted by atomic mass is 79.9. The van der Waals surface area contributed by atoms with Gasteiger partial charge in [0, 0.05) is 10.5 Å². The Hall–Kier alpha value is -1.92. The molecule has 1 N–H and O–H groups in total. The summed E-state index contributed by atoms with van der Waals surface area (Å²) in [6, 6.07) is 11.9. The van der Waals surface area contributed by atoms with Gasteiger partial charge >= 0.3 is 0 Å². The van der Waals surface area contributed by atoms with Crippen LogP contribution < -0.4 is 4.74 Å².